The molecular formula is C13H17N5O. The number of hydrogen-bond donors (Lipinski definition) is 1. The quantitative estimate of drug-likeness (QED) is 0.902. The molecule has 0 saturated heterocycles. The van der Waals surface area contributed by atoms with Crippen molar-refractivity contribution in [1.29, 1.82) is 0 Å². The molecule has 1 fully saturated rings. The number of aromatic nitrogens is 4. The monoisotopic (exact) mass is 259 g/mol. The van der Waals surface area contributed by atoms with Crippen LogP contribution in [0, 0.1) is 0 Å². The fourth-order valence-electron chi connectivity index (χ4n) is 2.57. The fraction of sp³-hybridized carbons (Fsp3) is 0.538. The van der Waals surface area contributed by atoms with E-state index in [4.69, 9.17) is 10.3 Å². The Morgan fingerprint density at radius 2 is 1.84 bits per heavy atom. The van der Waals surface area contributed by atoms with E-state index >= 15 is 0 Å². The van der Waals surface area contributed by atoms with Crippen LogP contribution in [0.2, 0.25) is 0 Å². The minimum Gasteiger partial charge on any atom is -0.339 e. The standard InChI is InChI=1S/C13H17N5O/c14-13(5-2-1-3-6-13)9-10-17-12(18-19-10)11-15-7-4-8-16-11/h4,7-8H,1-3,5-6,9,14H2. The summed E-state index contributed by atoms with van der Waals surface area (Å²) in [5.41, 5.74) is 6.19. The second kappa shape index (κ2) is 5.05. The van der Waals surface area contributed by atoms with Gasteiger partial charge in [-0.3, -0.25) is 0 Å². The first-order valence-electron chi connectivity index (χ1n) is 6.64. The minimum atomic E-state index is -0.195. The molecule has 2 aromatic heterocycles. The van der Waals surface area contributed by atoms with Crippen molar-refractivity contribution in [2.24, 2.45) is 5.73 Å². The maximum atomic E-state index is 6.38. The van der Waals surface area contributed by atoms with Crippen LogP contribution in [0.25, 0.3) is 11.6 Å². The number of hydrogen-bond acceptors (Lipinski definition) is 6. The van der Waals surface area contributed by atoms with Gasteiger partial charge in [0.05, 0.1) is 0 Å². The third kappa shape index (κ3) is 2.78. The third-order valence-corrected chi connectivity index (χ3v) is 3.59. The molecule has 1 aliphatic carbocycles. The van der Waals surface area contributed by atoms with Gasteiger partial charge in [-0.2, -0.15) is 4.98 Å². The molecule has 0 radical (unpaired) electrons. The fourth-order valence-corrected chi connectivity index (χ4v) is 2.57. The molecule has 0 bridgehead atoms. The highest BCUT2D eigenvalue weighted by molar-refractivity contribution is 5.40. The predicted octanol–water partition coefficient (Wildman–Crippen LogP) is 1.73. The van der Waals surface area contributed by atoms with Crippen molar-refractivity contribution < 1.29 is 4.52 Å². The number of rotatable bonds is 3. The average Bonchev–Trinajstić information content (AvgIpc) is 2.88. The van der Waals surface area contributed by atoms with Gasteiger partial charge in [0.1, 0.15) is 0 Å². The molecule has 3 rings (SSSR count). The van der Waals surface area contributed by atoms with Gasteiger partial charge in [0.2, 0.25) is 17.5 Å². The first kappa shape index (κ1) is 12.2. The Hall–Kier alpha value is -1.82. The van der Waals surface area contributed by atoms with E-state index in [2.05, 4.69) is 20.1 Å². The maximum absolute atomic E-state index is 6.38. The van der Waals surface area contributed by atoms with Crippen molar-refractivity contribution in [1.82, 2.24) is 20.1 Å². The van der Waals surface area contributed by atoms with E-state index in [1.54, 1.807) is 18.5 Å². The van der Waals surface area contributed by atoms with Gasteiger partial charge in [-0.15, -0.1) is 0 Å². The van der Waals surface area contributed by atoms with E-state index in [0.29, 0.717) is 24.0 Å². The maximum Gasteiger partial charge on any atom is 0.240 e. The lowest BCUT2D eigenvalue weighted by Crippen LogP contribution is -2.43. The summed E-state index contributed by atoms with van der Waals surface area (Å²) in [7, 11) is 0. The molecule has 19 heavy (non-hydrogen) atoms. The zero-order valence-corrected chi connectivity index (χ0v) is 10.7. The van der Waals surface area contributed by atoms with Crippen LogP contribution in [0.4, 0.5) is 0 Å². The Morgan fingerprint density at radius 1 is 1.11 bits per heavy atom. The molecule has 0 aliphatic heterocycles. The van der Waals surface area contributed by atoms with Crippen LogP contribution in [0.1, 0.15) is 38.0 Å². The van der Waals surface area contributed by atoms with E-state index in [1.807, 2.05) is 0 Å². The molecule has 2 aromatic rings. The third-order valence-electron chi connectivity index (χ3n) is 3.59. The zero-order chi connectivity index (χ0) is 13.1. The average molecular weight is 259 g/mol. The molecule has 0 amide bonds. The van der Waals surface area contributed by atoms with Crippen molar-refractivity contribution >= 4 is 0 Å². The molecule has 1 aliphatic rings. The summed E-state index contributed by atoms with van der Waals surface area (Å²) in [4.78, 5) is 12.5. The molecule has 2 heterocycles. The molecule has 1 saturated carbocycles. The minimum absolute atomic E-state index is 0.195. The lowest BCUT2D eigenvalue weighted by molar-refractivity contribution is 0.261. The smallest absolute Gasteiger partial charge is 0.240 e. The van der Waals surface area contributed by atoms with Crippen LogP contribution in [0.15, 0.2) is 23.0 Å². The molecule has 6 heteroatoms. The van der Waals surface area contributed by atoms with Crippen LogP contribution in [0.3, 0.4) is 0 Å². The topological polar surface area (TPSA) is 90.7 Å². The highest BCUT2D eigenvalue weighted by atomic mass is 16.5. The van der Waals surface area contributed by atoms with Crippen LogP contribution >= 0.6 is 0 Å². The molecule has 2 N–H and O–H groups in total. The first-order valence-corrected chi connectivity index (χ1v) is 6.64. The predicted molar refractivity (Wildman–Crippen MR) is 69.0 cm³/mol. The summed E-state index contributed by atoms with van der Waals surface area (Å²) in [6, 6.07) is 1.75. The van der Waals surface area contributed by atoms with E-state index in [9.17, 15) is 0 Å². The Kier molecular flexibility index (Phi) is 3.25. The van der Waals surface area contributed by atoms with Crippen molar-refractivity contribution in [3.63, 3.8) is 0 Å². The number of nitrogens with zero attached hydrogens (tertiary/aromatic N) is 4. The summed E-state index contributed by atoms with van der Waals surface area (Å²) in [5, 5.41) is 3.92. The second-order valence-electron chi connectivity index (χ2n) is 5.18. The second-order valence-corrected chi connectivity index (χ2v) is 5.18. The molecule has 6 nitrogen and oxygen atoms in total. The molecular weight excluding hydrogens is 242 g/mol. The summed E-state index contributed by atoms with van der Waals surface area (Å²) in [5.74, 6) is 1.48. The molecule has 0 aromatic carbocycles. The normalized spacial score (nSPS) is 18.4. The Balaban J connectivity index is 1.75. The Morgan fingerprint density at radius 3 is 2.58 bits per heavy atom. The lowest BCUT2D eigenvalue weighted by Gasteiger charge is -2.31. The first-order chi connectivity index (χ1) is 9.25. The summed E-state index contributed by atoms with van der Waals surface area (Å²) < 4.78 is 5.27. The Labute approximate surface area is 111 Å². The zero-order valence-electron chi connectivity index (χ0n) is 10.7. The molecule has 0 spiro atoms. The Bertz CT molecular complexity index is 533. The van der Waals surface area contributed by atoms with Gasteiger partial charge in [0.15, 0.2) is 0 Å². The van der Waals surface area contributed by atoms with Crippen LogP contribution in [-0.4, -0.2) is 25.6 Å². The molecule has 0 atom stereocenters. The van der Waals surface area contributed by atoms with Gasteiger partial charge in [-0.1, -0.05) is 24.4 Å². The van der Waals surface area contributed by atoms with Crippen molar-refractivity contribution in [3.05, 3.63) is 24.4 Å². The molecule has 0 unspecified atom stereocenters. The van der Waals surface area contributed by atoms with Crippen LogP contribution in [-0.2, 0) is 6.42 Å². The van der Waals surface area contributed by atoms with Gasteiger partial charge < -0.3 is 10.3 Å². The summed E-state index contributed by atoms with van der Waals surface area (Å²) in [6.07, 6.45) is 9.62. The van der Waals surface area contributed by atoms with Crippen molar-refractivity contribution in [2.75, 3.05) is 0 Å². The van der Waals surface area contributed by atoms with Crippen LogP contribution < -0.4 is 5.73 Å². The van der Waals surface area contributed by atoms with Crippen molar-refractivity contribution in [2.45, 2.75) is 44.1 Å². The van der Waals surface area contributed by atoms with E-state index in [1.165, 1.54) is 19.3 Å². The van der Waals surface area contributed by atoms with E-state index < -0.39 is 0 Å². The van der Waals surface area contributed by atoms with Gasteiger partial charge in [-0.25, -0.2) is 9.97 Å². The van der Waals surface area contributed by atoms with Gasteiger partial charge >= 0.3 is 0 Å². The van der Waals surface area contributed by atoms with E-state index in [0.717, 1.165) is 12.8 Å². The summed E-state index contributed by atoms with van der Waals surface area (Å²) >= 11 is 0. The SMILES string of the molecule is NC1(Cc2nc(-c3ncccn3)no2)CCCCC1. The van der Waals surface area contributed by atoms with Gasteiger partial charge in [-0.05, 0) is 18.9 Å². The lowest BCUT2D eigenvalue weighted by atomic mass is 9.80. The molecule has 100 valence electrons. The summed E-state index contributed by atoms with van der Waals surface area (Å²) in [6.45, 7) is 0. The van der Waals surface area contributed by atoms with Gasteiger partial charge in [0, 0.05) is 24.4 Å². The van der Waals surface area contributed by atoms with E-state index in [-0.39, 0.29) is 5.54 Å². The van der Waals surface area contributed by atoms with Crippen molar-refractivity contribution in [3.8, 4) is 11.6 Å². The highest BCUT2D eigenvalue weighted by Gasteiger charge is 2.30. The van der Waals surface area contributed by atoms with Gasteiger partial charge in [0.25, 0.3) is 0 Å². The largest absolute Gasteiger partial charge is 0.339 e. The highest BCUT2D eigenvalue weighted by Crippen LogP contribution is 2.28. The number of nitrogens with two attached hydrogens (primary N) is 1. The van der Waals surface area contributed by atoms with Crippen LogP contribution in [0.5, 0.6) is 0 Å².